The van der Waals surface area contributed by atoms with E-state index in [-0.39, 0.29) is 60.9 Å². The predicted molar refractivity (Wildman–Crippen MR) is 476 cm³/mol. The molecule has 10 aliphatic carbocycles. The fraction of sp³-hybridized carbons (Fsp3) is 0.723. The lowest BCUT2D eigenvalue weighted by molar-refractivity contribution is -0.276. The highest BCUT2D eigenvalue weighted by atomic mass is 35.5. The molecule has 29 nitrogen and oxygen atoms in total. The number of halogens is 1. The second-order valence-electron chi connectivity index (χ2n) is 44.5. The monoisotopic (exact) mass is 1740 g/mol. The average molecular weight is 1740 g/mol. The number of fused-ring (bicyclic) bond motifs is 16. The largest absolute Gasteiger partial charge is 0.515 e. The van der Waals surface area contributed by atoms with Crippen molar-refractivity contribution in [3.63, 3.8) is 0 Å². The van der Waals surface area contributed by atoms with Crippen LogP contribution >= 0.6 is 11.8 Å². The first-order valence-corrected chi connectivity index (χ1v) is 45.2. The molecule has 17 rings (SSSR count). The van der Waals surface area contributed by atoms with Crippen LogP contribution in [0, 0.1) is 51.2 Å². The minimum absolute atomic E-state index is 0.00367. The summed E-state index contributed by atoms with van der Waals surface area (Å²) in [7, 11) is 9.39. The number of carbonyl (C=O) groups is 6. The molecule has 1 aliphatic heterocycles. The Labute approximate surface area is 737 Å². The maximum absolute atomic E-state index is 12.8. The zero-order valence-corrected chi connectivity index (χ0v) is 80.2. The first-order valence-electron chi connectivity index (χ1n) is 44.8. The Morgan fingerprint density at radius 1 is 0.460 bits per heavy atom. The number of nitrogens with one attached hydrogen (secondary N) is 4. The van der Waals surface area contributed by atoms with Crippen LogP contribution in [-0.4, -0.2) is 131 Å². The van der Waals surface area contributed by atoms with Gasteiger partial charge in [-0.25, -0.2) is 14.4 Å². The van der Waals surface area contributed by atoms with E-state index in [0.717, 1.165) is 171 Å². The number of hydrogen-bond acceptors (Lipinski definition) is 21. The summed E-state index contributed by atoms with van der Waals surface area (Å²) in [6, 6.07) is 0. The third-order valence-corrected chi connectivity index (χ3v) is 31.5. The highest BCUT2D eigenvalue weighted by molar-refractivity contribution is 6.24. The van der Waals surface area contributed by atoms with Crippen LogP contribution in [0.2, 0.25) is 0 Å². The van der Waals surface area contributed by atoms with Crippen molar-refractivity contribution in [1.82, 2.24) is 54.1 Å². The van der Waals surface area contributed by atoms with Gasteiger partial charge in [-0.15, -0.1) is 0 Å². The van der Waals surface area contributed by atoms with E-state index in [4.69, 9.17) is 71.2 Å². The topological polar surface area (TPSA) is 358 Å². The number of aliphatic hydroxyl groups excluding tert-OH is 1. The fourth-order valence-corrected chi connectivity index (χ4v) is 25.7. The Kier molecular flexibility index (Phi) is 23.8. The summed E-state index contributed by atoms with van der Waals surface area (Å²) in [5, 5.41) is 46.3. The minimum Gasteiger partial charge on any atom is -0.515 e. The summed E-state index contributed by atoms with van der Waals surface area (Å²) in [5.41, 5.74) is 15.2. The van der Waals surface area contributed by atoms with Gasteiger partial charge in [0.25, 0.3) is 0 Å². The number of allylic oxidation sites excluding steroid dienone is 1. The maximum atomic E-state index is 12.8. The van der Waals surface area contributed by atoms with Crippen LogP contribution in [0.5, 0.6) is 0 Å². The molecular formula is C94H141ClN16O13. The SMILES string of the molecule is Cn1nc2c(c1N)CC[C@H]1C(C)(C)C3(CC[C@]21C)OCCO3.Cn1nc2c(c1NC(=O)OC(C)(C)C)CC[C@H]1C(C)(C)C(=O)/C(=C\O)C[C@]21C.Cn1nc2c(c1NC(=O)OC(C)(C)C)CC[C@H]1C(C)(C)C(=O)CC[C@]21C.Cn1nc2c(c1NC(=O)OC(C)(C)C)CC[C@H]1C(C)(C)c3oncc3C[C@]21C.Cn1nc2c(c1NCl)CC[C@H]1C(C)(C)C(=O)CC[C@]21C. The molecule has 0 bridgehead atoms. The van der Waals surface area contributed by atoms with E-state index in [0.29, 0.717) is 79.0 Å². The van der Waals surface area contributed by atoms with E-state index in [1.165, 1.54) is 16.8 Å². The van der Waals surface area contributed by atoms with E-state index in [1.54, 1.807) is 21.1 Å². The summed E-state index contributed by atoms with van der Waals surface area (Å²) < 4.78 is 43.0. The van der Waals surface area contributed by atoms with Gasteiger partial charge in [-0.3, -0.25) is 58.6 Å². The minimum atomic E-state index is -0.589. The van der Waals surface area contributed by atoms with Crippen molar-refractivity contribution in [1.29, 1.82) is 0 Å². The van der Waals surface area contributed by atoms with Crippen molar-refractivity contribution in [2.45, 2.75) is 337 Å². The molecule has 4 saturated carbocycles. The van der Waals surface area contributed by atoms with Gasteiger partial charge in [0.15, 0.2) is 11.6 Å². The highest BCUT2D eigenvalue weighted by Crippen LogP contribution is 2.65. The summed E-state index contributed by atoms with van der Waals surface area (Å²) in [6.07, 6.45) is 16.8. The molecule has 11 aliphatic rings. The summed E-state index contributed by atoms with van der Waals surface area (Å²) in [6.45, 7) is 50.7. The molecule has 3 amide bonds. The molecule has 30 heteroatoms. The number of carbonyl (C=O) groups excluding carboxylic acids is 6. The quantitative estimate of drug-likeness (QED) is 0.0413. The van der Waals surface area contributed by atoms with Crippen molar-refractivity contribution in [2.24, 2.45) is 86.5 Å². The van der Waals surface area contributed by atoms with Crippen LogP contribution in [0.1, 0.15) is 311 Å². The molecule has 0 aromatic carbocycles. The molecule has 7 heterocycles. The summed E-state index contributed by atoms with van der Waals surface area (Å²) in [4.78, 5) is 77.3. The molecule has 10 atom stereocenters. The van der Waals surface area contributed by atoms with Gasteiger partial charge in [0, 0.05) is 159 Å². The molecule has 7 N–H and O–H groups in total. The van der Waals surface area contributed by atoms with Gasteiger partial charge in [0.1, 0.15) is 63.2 Å². The molecule has 124 heavy (non-hydrogen) atoms. The molecular weight excluding hydrogens is 1600 g/mol. The predicted octanol–water partition coefficient (Wildman–Crippen LogP) is 17.7. The maximum Gasteiger partial charge on any atom is 0.413 e. The number of anilines is 5. The van der Waals surface area contributed by atoms with Gasteiger partial charge in [0.2, 0.25) is 0 Å². The number of aromatic nitrogens is 11. The Morgan fingerprint density at radius 2 is 0.798 bits per heavy atom. The standard InChI is InChI=1S/C21H30N4O3.C21H31N3O4.C20H31N3O3.C17H27N3O2.C15H22ClN3O/c1-19(2,3)27-18(26)23-17-13-8-9-14-20(4,5)16-12(11-22-28-16)10-21(14,6)15(13)24-25(17)7;1-19(2,3)28-18(27)22-17-13-8-9-14-20(4,5)16(26)12(11-25)10-21(14,6)15(13)23-24(17)7;1-18(2,3)26-17(25)21-16-12-8-9-13-19(4,5)14(24)10-11-20(13,6)15(12)22-23(16)7;1-15(2)12-6-5-11-13(19-20(4)14(11)18)16(12,3)7-8-17(15)21-9-10-22-17;1-14(2)10-6-5-9-12(18-19(4)13(9)17-16)15(10,3)8-7-11(14)20/h11,14H,8-10H2,1-7H3,(H,23,26);11,14,25H,8-10H2,1-7H3,(H,22,27);13H,8-11H2,1-7H3,(H,21,25);12H,5-10,18H2,1-4H3;10,17H,5-8H2,1-4H3/b;12-11-;;;/t2*14-,21-;13-,20-;12-,16-;10-,15-/m00000/s1. The highest BCUT2D eigenvalue weighted by Gasteiger charge is 2.66. The van der Waals surface area contributed by atoms with Crippen LogP contribution in [-0.2, 0) is 144 Å². The lowest BCUT2D eigenvalue weighted by Gasteiger charge is -2.59. The first-order chi connectivity index (χ1) is 57.2. The molecule has 682 valence electrons. The smallest absolute Gasteiger partial charge is 0.413 e. The number of nitrogen functional groups attached to an aromatic ring is 1. The fourth-order valence-electron chi connectivity index (χ4n) is 25.5. The molecule has 0 radical (unpaired) electrons. The molecule has 6 aromatic heterocycles. The van der Waals surface area contributed by atoms with Crippen LogP contribution < -0.4 is 26.5 Å². The average Bonchev–Trinajstić information content (AvgIpc) is 1.39. The van der Waals surface area contributed by atoms with Gasteiger partial charge in [-0.05, 0) is 188 Å². The lowest BCUT2D eigenvalue weighted by Crippen LogP contribution is -2.61. The van der Waals surface area contributed by atoms with E-state index >= 15 is 0 Å². The second-order valence-corrected chi connectivity index (χ2v) is 44.7. The number of nitrogens with zero attached hydrogens (tertiary/aromatic N) is 11. The Bertz CT molecular complexity index is 5210. The number of aliphatic hydroxyl groups is 1. The number of aryl methyl sites for hydroxylation is 5. The number of Topliss-reactive ketones (excluding diaryl/α,β-unsaturated/α-hetero) is 3. The van der Waals surface area contributed by atoms with E-state index < -0.39 is 51.7 Å². The number of rotatable bonds is 4. The third-order valence-electron chi connectivity index (χ3n) is 31.3. The van der Waals surface area contributed by atoms with Crippen molar-refractivity contribution in [2.75, 3.05) is 39.7 Å². The van der Waals surface area contributed by atoms with Crippen LogP contribution in [0.15, 0.2) is 22.6 Å². The lowest BCUT2D eigenvalue weighted by atomic mass is 9.49. The molecule has 6 aromatic rings. The van der Waals surface area contributed by atoms with E-state index in [9.17, 15) is 33.9 Å². The van der Waals surface area contributed by atoms with E-state index in [1.807, 2.05) is 120 Å². The van der Waals surface area contributed by atoms with Crippen molar-refractivity contribution in [3.05, 3.63) is 85.6 Å². The number of ketones is 3. The summed E-state index contributed by atoms with van der Waals surface area (Å²) >= 11 is 5.85. The number of nitrogens with two attached hydrogens (primary N) is 1. The zero-order valence-electron chi connectivity index (χ0n) is 79.4. The van der Waals surface area contributed by atoms with Crippen molar-refractivity contribution < 1.29 is 62.1 Å². The number of hydrogen-bond donors (Lipinski definition) is 6. The van der Waals surface area contributed by atoms with Crippen molar-refractivity contribution >= 4 is 76.5 Å². The summed E-state index contributed by atoms with van der Waals surface area (Å²) in [5.74, 6) is 6.78. The van der Waals surface area contributed by atoms with Gasteiger partial charge >= 0.3 is 18.3 Å². The van der Waals surface area contributed by atoms with Crippen molar-refractivity contribution in [3.8, 4) is 0 Å². The second kappa shape index (κ2) is 31.7. The Balaban J connectivity index is 0.000000134. The van der Waals surface area contributed by atoms with Gasteiger partial charge in [-0.1, -0.05) is 109 Å². The molecule has 1 spiro atoms. The van der Waals surface area contributed by atoms with Gasteiger partial charge in [0.05, 0.1) is 54.1 Å². The van der Waals surface area contributed by atoms with E-state index in [2.05, 4.69) is 116 Å². The van der Waals surface area contributed by atoms with Crippen LogP contribution in [0.25, 0.3) is 0 Å². The Hall–Kier alpha value is -8.57. The Morgan fingerprint density at radius 3 is 1.20 bits per heavy atom. The van der Waals surface area contributed by atoms with Gasteiger partial charge in [-0.2, -0.15) is 25.5 Å². The number of ether oxygens (including phenoxy) is 5. The molecule has 5 fully saturated rings. The third kappa shape index (κ3) is 15.7. The van der Waals surface area contributed by atoms with Gasteiger partial charge < -0.3 is 39.0 Å². The molecule has 1 saturated heterocycles. The first kappa shape index (κ1) is 93.1. The van der Waals surface area contributed by atoms with Crippen LogP contribution in [0.3, 0.4) is 0 Å². The molecule has 0 unspecified atom stereocenters. The number of amides is 3. The zero-order chi connectivity index (χ0) is 91.5. The normalized spacial score (nSPS) is 29.2. The van der Waals surface area contributed by atoms with Crippen LogP contribution in [0.4, 0.5) is 43.5 Å².